The Bertz CT molecular complexity index is 993. The van der Waals surface area contributed by atoms with Crippen LogP contribution in [0, 0.1) is 20.8 Å². The normalized spacial score (nSPS) is 11.0. The molecule has 4 heteroatoms. The lowest BCUT2D eigenvalue weighted by molar-refractivity contribution is -0.116. The number of rotatable bonds is 9. The van der Waals surface area contributed by atoms with E-state index in [9.17, 15) is 4.79 Å². The zero-order valence-electron chi connectivity index (χ0n) is 17.8. The van der Waals surface area contributed by atoms with E-state index in [1.807, 2.05) is 6.07 Å². The van der Waals surface area contributed by atoms with Gasteiger partial charge in [0.15, 0.2) is 0 Å². The molecule has 152 valence electrons. The fourth-order valence-electron chi connectivity index (χ4n) is 3.98. The van der Waals surface area contributed by atoms with E-state index in [-0.39, 0.29) is 5.91 Å². The molecule has 0 bridgehead atoms. The highest BCUT2D eigenvalue weighted by molar-refractivity contribution is 5.86. The maximum Gasteiger partial charge on any atom is 0.243 e. The van der Waals surface area contributed by atoms with Gasteiger partial charge in [-0.1, -0.05) is 42.8 Å². The number of aromatic nitrogens is 2. The van der Waals surface area contributed by atoms with Crippen molar-refractivity contribution in [1.29, 1.82) is 0 Å². The number of carbonyl (C=O) groups excluding carboxylic acids is 1. The van der Waals surface area contributed by atoms with Crippen LogP contribution in [0.3, 0.4) is 0 Å². The molecule has 0 atom stereocenters. The van der Waals surface area contributed by atoms with Gasteiger partial charge in [-0.15, -0.1) is 0 Å². The summed E-state index contributed by atoms with van der Waals surface area (Å²) >= 11 is 0. The second-order valence-electron chi connectivity index (χ2n) is 7.79. The average molecular weight is 390 g/mol. The third-order valence-electron chi connectivity index (χ3n) is 5.45. The molecule has 4 nitrogen and oxygen atoms in total. The number of carbonyl (C=O) groups is 1. The molecular weight excluding hydrogens is 358 g/mol. The van der Waals surface area contributed by atoms with E-state index in [0.29, 0.717) is 6.54 Å². The highest BCUT2D eigenvalue weighted by atomic mass is 16.1. The van der Waals surface area contributed by atoms with Gasteiger partial charge in [0, 0.05) is 19.5 Å². The van der Waals surface area contributed by atoms with Crippen molar-refractivity contribution < 1.29 is 4.79 Å². The molecule has 1 N–H and O–H groups in total. The lowest BCUT2D eigenvalue weighted by Gasteiger charge is -2.15. The molecule has 29 heavy (non-hydrogen) atoms. The van der Waals surface area contributed by atoms with Crippen molar-refractivity contribution in [2.24, 2.45) is 0 Å². The highest BCUT2D eigenvalue weighted by Crippen LogP contribution is 2.23. The summed E-state index contributed by atoms with van der Waals surface area (Å²) < 4.78 is 2.37. The van der Waals surface area contributed by atoms with Gasteiger partial charge < -0.3 is 9.88 Å². The molecule has 0 aliphatic rings. The lowest BCUT2D eigenvalue weighted by atomic mass is 9.99. The van der Waals surface area contributed by atoms with Gasteiger partial charge in [-0.25, -0.2) is 4.98 Å². The monoisotopic (exact) mass is 389 g/mol. The Hall–Kier alpha value is -2.88. The minimum absolute atomic E-state index is 0.101. The summed E-state index contributed by atoms with van der Waals surface area (Å²) in [6.07, 6.45) is 5.34. The molecule has 0 unspecified atom stereocenters. The quantitative estimate of drug-likeness (QED) is 0.412. The van der Waals surface area contributed by atoms with Gasteiger partial charge in [0.05, 0.1) is 11.0 Å². The van der Waals surface area contributed by atoms with Crippen LogP contribution in [0.4, 0.5) is 0 Å². The lowest BCUT2D eigenvalue weighted by Crippen LogP contribution is -2.21. The largest absolute Gasteiger partial charge is 0.353 e. The topological polar surface area (TPSA) is 46.9 Å². The van der Waals surface area contributed by atoms with Crippen molar-refractivity contribution in [3.8, 4) is 0 Å². The van der Waals surface area contributed by atoms with Crippen molar-refractivity contribution in [2.75, 3.05) is 6.54 Å². The third kappa shape index (κ3) is 5.14. The van der Waals surface area contributed by atoms with Crippen LogP contribution in [0.15, 0.2) is 49.1 Å². The standard InChI is InChI=1S/C25H31N3O/c1-5-25(29)26-14-10-6-7-13-24-27-22-11-8-9-12-23(22)28(24)17-21-19(3)15-18(2)16-20(21)4/h5,8-9,11-12,15-16H,1,6-7,10,13-14,17H2,2-4H3,(H,26,29). The van der Waals surface area contributed by atoms with Gasteiger partial charge in [-0.3, -0.25) is 4.79 Å². The first-order valence-electron chi connectivity index (χ1n) is 10.4. The van der Waals surface area contributed by atoms with Crippen LogP contribution in [-0.2, 0) is 17.8 Å². The fraction of sp³-hybridized carbons (Fsp3) is 0.360. The van der Waals surface area contributed by atoms with E-state index >= 15 is 0 Å². The van der Waals surface area contributed by atoms with Gasteiger partial charge in [-0.05, 0) is 68.5 Å². The van der Waals surface area contributed by atoms with Crippen molar-refractivity contribution >= 4 is 16.9 Å². The third-order valence-corrected chi connectivity index (χ3v) is 5.45. The maximum atomic E-state index is 11.2. The van der Waals surface area contributed by atoms with E-state index < -0.39 is 0 Å². The van der Waals surface area contributed by atoms with Crippen molar-refractivity contribution in [2.45, 2.75) is 53.0 Å². The summed E-state index contributed by atoms with van der Waals surface area (Å²) in [5.41, 5.74) is 7.62. The summed E-state index contributed by atoms with van der Waals surface area (Å²) in [5, 5.41) is 2.84. The Morgan fingerprint density at radius 2 is 1.83 bits per heavy atom. The smallest absolute Gasteiger partial charge is 0.243 e. The van der Waals surface area contributed by atoms with Crippen LogP contribution in [0.5, 0.6) is 0 Å². The Balaban J connectivity index is 1.75. The SMILES string of the molecule is C=CC(=O)NCCCCCc1nc2ccccc2n1Cc1c(C)cc(C)cc1C. The molecule has 1 aromatic heterocycles. The number of hydrogen-bond acceptors (Lipinski definition) is 2. The molecule has 0 saturated carbocycles. The number of para-hydroxylation sites is 2. The predicted molar refractivity (Wildman–Crippen MR) is 120 cm³/mol. The van der Waals surface area contributed by atoms with E-state index in [0.717, 1.165) is 43.6 Å². The van der Waals surface area contributed by atoms with E-state index in [2.05, 4.69) is 67.6 Å². The number of hydrogen-bond donors (Lipinski definition) is 1. The van der Waals surface area contributed by atoms with Gasteiger partial charge in [0.25, 0.3) is 0 Å². The number of fused-ring (bicyclic) bond motifs is 1. The summed E-state index contributed by atoms with van der Waals surface area (Å²) in [6.45, 7) is 11.6. The van der Waals surface area contributed by atoms with Gasteiger partial charge in [0.1, 0.15) is 5.82 Å². The number of benzene rings is 2. The second kappa shape index (κ2) is 9.55. The Labute approximate surface area is 173 Å². The van der Waals surface area contributed by atoms with Crippen LogP contribution >= 0.6 is 0 Å². The Kier molecular flexibility index (Phi) is 6.86. The van der Waals surface area contributed by atoms with Crippen LogP contribution in [0.2, 0.25) is 0 Å². The Morgan fingerprint density at radius 3 is 2.55 bits per heavy atom. The summed E-state index contributed by atoms with van der Waals surface area (Å²) in [7, 11) is 0. The molecule has 0 aliphatic heterocycles. The fourth-order valence-corrected chi connectivity index (χ4v) is 3.98. The number of amides is 1. The molecule has 0 spiro atoms. The zero-order chi connectivity index (χ0) is 20.8. The number of aryl methyl sites for hydroxylation is 4. The van der Waals surface area contributed by atoms with Gasteiger partial charge in [-0.2, -0.15) is 0 Å². The number of nitrogens with zero attached hydrogens (tertiary/aromatic N) is 2. The van der Waals surface area contributed by atoms with Crippen molar-refractivity contribution in [3.05, 3.63) is 77.1 Å². The summed E-state index contributed by atoms with van der Waals surface area (Å²) in [6, 6.07) is 12.9. The molecule has 0 fully saturated rings. The van der Waals surface area contributed by atoms with E-state index in [4.69, 9.17) is 4.98 Å². The first-order valence-corrected chi connectivity index (χ1v) is 10.4. The second-order valence-corrected chi connectivity index (χ2v) is 7.79. The predicted octanol–water partition coefficient (Wildman–Crippen LogP) is 5.02. The van der Waals surface area contributed by atoms with Crippen LogP contribution in [0.1, 0.15) is 47.3 Å². The van der Waals surface area contributed by atoms with E-state index in [1.165, 1.54) is 33.8 Å². The van der Waals surface area contributed by atoms with Gasteiger partial charge >= 0.3 is 0 Å². The highest BCUT2D eigenvalue weighted by Gasteiger charge is 2.13. The number of nitrogens with one attached hydrogen (secondary N) is 1. The molecule has 0 aliphatic carbocycles. The summed E-state index contributed by atoms with van der Waals surface area (Å²) in [5.74, 6) is 1.04. The molecule has 1 heterocycles. The van der Waals surface area contributed by atoms with Crippen LogP contribution in [-0.4, -0.2) is 22.0 Å². The first kappa shape index (κ1) is 20.8. The zero-order valence-corrected chi connectivity index (χ0v) is 17.8. The first-order chi connectivity index (χ1) is 14.0. The van der Waals surface area contributed by atoms with Crippen LogP contribution in [0.25, 0.3) is 11.0 Å². The molecular formula is C25H31N3O. The minimum atomic E-state index is -0.101. The molecule has 3 aromatic rings. The molecule has 3 rings (SSSR count). The molecule has 2 aromatic carbocycles. The summed E-state index contributed by atoms with van der Waals surface area (Å²) in [4.78, 5) is 16.1. The van der Waals surface area contributed by atoms with Crippen molar-refractivity contribution in [1.82, 2.24) is 14.9 Å². The van der Waals surface area contributed by atoms with E-state index in [1.54, 1.807) is 0 Å². The maximum absolute atomic E-state index is 11.2. The number of imidazole rings is 1. The van der Waals surface area contributed by atoms with Crippen molar-refractivity contribution in [3.63, 3.8) is 0 Å². The molecule has 1 amide bonds. The van der Waals surface area contributed by atoms with Gasteiger partial charge in [0.2, 0.25) is 5.91 Å². The average Bonchev–Trinajstić information content (AvgIpc) is 3.04. The Morgan fingerprint density at radius 1 is 1.10 bits per heavy atom. The number of unbranched alkanes of at least 4 members (excludes halogenated alkanes) is 2. The molecule has 0 saturated heterocycles. The minimum Gasteiger partial charge on any atom is -0.353 e. The molecule has 0 radical (unpaired) electrons. The van der Waals surface area contributed by atoms with Crippen LogP contribution < -0.4 is 5.32 Å².